The third kappa shape index (κ3) is 3.20. The zero-order valence-corrected chi connectivity index (χ0v) is 10.1. The molecule has 1 aromatic heterocycles. The second-order valence-electron chi connectivity index (χ2n) is 4.15. The average Bonchev–Trinajstić information content (AvgIpc) is 2.83. The van der Waals surface area contributed by atoms with Gasteiger partial charge in [0.05, 0.1) is 0 Å². The molecule has 0 aromatic carbocycles. The van der Waals surface area contributed by atoms with Gasteiger partial charge >= 0.3 is 0 Å². The van der Waals surface area contributed by atoms with Crippen LogP contribution in [0.5, 0.6) is 0 Å². The minimum absolute atomic E-state index is 0.201. The number of carbonyl (C=O) groups is 1. The smallest absolute Gasteiger partial charge is 0.223 e. The first-order chi connectivity index (χ1) is 7.86. The number of rotatable bonds is 4. The summed E-state index contributed by atoms with van der Waals surface area (Å²) in [6.45, 7) is 0.760. The summed E-state index contributed by atoms with van der Waals surface area (Å²) in [5.41, 5.74) is 1.31. The van der Waals surface area contributed by atoms with E-state index < -0.39 is 0 Å². The Bertz CT molecular complexity index is 356. The average molecular weight is 235 g/mol. The highest BCUT2D eigenvalue weighted by molar-refractivity contribution is 7.07. The molecule has 1 unspecified atom stereocenters. The van der Waals surface area contributed by atoms with Crippen LogP contribution in [-0.4, -0.2) is 12.5 Å². The van der Waals surface area contributed by atoms with Crippen molar-refractivity contribution in [1.29, 1.82) is 0 Å². The number of nitrogens with one attached hydrogen (secondary N) is 1. The molecule has 2 nitrogen and oxygen atoms in total. The van der Waals surface area contributed by atoms with Gasteiger partial charge in [-0.3, -0.25) is 4.79 Å². The third-order valence-corrected chi connectivity index (χ3v) is 3.66. The van der Waals surface area contributed by atoms with Gasteiger partial charge in [-0.25, -0.2) is 0 Å². The topological polar surface area (TPSA) is 29.1 Å². The maximum Gasteiger partial charge on any atom is 0.223 e. The molecule has 1 aliphatic rings. The van der Waals surface area contributed by atoms with Gasteiger partial charge in [0.1, 0.15) is 0 Å². The summed E-state index contributed by atoms with van der Waals surface area (Å²) in [4.78, 5) is 11.8. The molecule has 0 saturated heterocycles. The highest BCUT2D eigenvalue weighted by Gasteiger charge is 2.17. The van der Waals surface area contributed by atoms with Crippen molar-refractivity contribution in [2.45, 2.75) is 25.7 Å². The Morgan fingerprint density at radius 3 is 3.12 bits per heavy atom. The van der Waals surface area contributed by atoms with E-state index in [1.807, 2.05) is 0 Å². The lowest BCUT2D eigenvalue weighted by atomic mass is 9.94. The molecule has 1 heterocycles. The van der Waals surface area contributed by atoms with E-state index in [0.717, 1.165) is 32.2 Å². The molecule has 1 N–H and O–H groups in total. The van der Waals surface area contributed by atoms with Crippen molar-refractivity contribution in [3.8, 4) is 0 Å². The third-order valence-electron chi connectivity index (χ3n) is 2.93. The molecule has 0 spiro atoms. The van der Waals surface area contributed by atoms with E-state index in [1.165, 1.54) is 5.56 Å². The lowest BCUT2D eigenvalue weighted by Crippen LogP contribution is -2.32. The molecule has 0 bridgehead atoms. The highest BCUT2D eigenvalue weighted by atomic mass is 32.1. The van der Waals surface area contributed by atoms with Crippen LogP contribution >= 0.6 is 11.3 Å². The first-order valence-corrected chi connectivity index (χ1v) is 6.74. The van der Waals surface area contributed by atoms with Gasteiger partial charge in [0, 0.05) is 12.5 Å². The van der Waals surface area contributed by atoms with Gasteiger partial charge in [-0.15, -0.1) is 0 Å². The Labute approximate surface area is 100 Å². The molecular weight excluding hydrogens is 218 g/mol. The molecular formula is C13H17NOS. The Morgan fingerprint density at radius 1 is 1.50 bits per heavy atom. The van der Waals surface area contributed by atoms with Crippen molar-refractivity contribution in [3.63, 3.8) is 0 Å². The van der Waals surface area contributed by atoms with Crippen molar-refractivity contribution in [1.82, 2.24) is 5.32 Å². The molecule has 1 amide bonds. The lowest BCUT2D eigenvalue weighted by molar-refractivity contribution is -0.125. The van der Waals surface area contributed by atoms with Crippen LogP contribution in [-0.2, 0) is 11.2 Å². The minimum Gasteiger partial charge on any atom is -0.356 e. The van der Waals surface area contributed by atoms with Crippen LogP contribution in [0.3, 0.4) is 0 Å². The summed E-state index contributed by atoms with van der Waals surface area (Å²) < 4.78 is 0. The summed E-state index contributed by atoms with van der Waals surface area (Å²) in [7, 11) is 0. The zero-order valence-electron chi connectivity index (χ0n) is 9.32. The van der Waals surface area contributed by atoms with Gasteiger partial charge in [-0.05, 0) is 48.1 Å². The standard InChI is InChI=1S/C13H17NOS/c15-13(12-4-2-1-3-5-12)14-8-6-11-7-9-16-10-11/h1-2,7,9-10,12H,3-6,8H2,(H,14,15). The van der Waals surface area contributed by atoms with Gasteiger partial charge in [-0.1, -0.05) is 12.2 Å². The maximum atomic E-state index is 11.8. The number of hydrogen-bond donors (Lipinski definition) is 1. The summed E-state index contributed by atoms with van der Waals surface area (Å²) in [5, 5.41) is 7.23. The second kappa shape index (κ2) is 5.85. The lowest BCUT2D eigenvalue weighted by Gasteiger charge is -2.16. The Kier molecular flexibility index (Phi) is 4.17. The number of thiophene rings is 1. The normalized spacial score (nSPS) is 19.6. The van der Waals surface area contributed by atoms with E-state index in [-0.39, 0.29) is 11.8 Å². The first kappa shape index (κ1) is 11.4. The first-order valence-electron chi connectivity index (χ1n) is 5.80. The number of allylic oxidation sites excluding steroid dienone is 2. The van der Waals surface area contributed by atoms with E-state index in [9.17, 15) is 4.79 Å². The van der Waals surface area contributed by atoms with Crippen LogP contribution < -0.4 is 5.32 Å². The van der Waals surface area contributed by atoms with Crippen LogP contribution in [0.4, 0.5) is 0 Å². The molecule has 2 rings (SSSR count). The van der Waals surface area contributed by atoms with Crippen LogP contribution in [0, 0.1) is 5.92 Å². The minimum atomic E-state index is 0.201. The quantitative estimate of drug-likeness (QED) is 0.799. The molecule has 16 heavy (non-hydrogen) atoms. The fourth-order valence-electron chi connectivity index (χ4n) is 1.94. The number of carbonyl (C=O) groups excluding carboxylic acids is 1. The highest BCUT2D eigenvalue weighted by Crippen LogP contribution is 2.17. The predicted molar refractivity (Wildman–Crippen MR) is 67.5 cm³/mol. The Balaban J connectivity index is 1.69. The maximum absolute atomic E-state index is 11.8. The molecule has 0 radical (unpaired) electrons. The Morgan fingerprint density at radius 2 is 2.44 bits per heavy atom. The fraction of sp³-hybridized carbons (Fsp3) is 0.462. The molecule has 3 heteroatoms. The molecule has 1 aromatic rings. The van der Waals surface area contributed by atoms with Gasteiger partial charge in [-0.2, -0.15) is 11.3 Å². The second-order valence-corrected chi connectivity index (χ2v) is 4.93. The predicted octanol–water partition coefficient (Wildman–Crippen LogP) is 2.76. The monoisotopic (exact) mass is 235 g/mol. The molecule has 1 aliphatic carbocycles. The zero-order chi connectivity index (χ0) is 11.2. The van der Waals surface area contributed by atoms with Gasteiger partial charge in [0.2, 0.25) is 5.91 Å². The number of hydrogen-bond acceptors (Lipinski definition) is 2. The van der Waals surface area contributed by atoms with Crippen LogP contribution in [0.1, 0.15) is 24.8 Å². The van der Waals surface area contributed by atoms with E-state index in [1.54, 1.807) is 11.3 Å². The van der Waals surface area contributed by atoms with Crippen molar-refractivity contribution in [2.75, 3.05) is 6.54 Å². The van der Waals surface area contributed by atoms with E-state index >= 15 is 0 Å². The SMILES string of the molecule is O=C(NCCc1ccsc1)C1CC=CCC1. The van der Waals surface area contributed by atoms with Crippen LogP contribution in [0.25, 0.3) is 0 Å². The van der Waals surface area contributed by atoms with Crippen LogP contribution in [0.2, 0.25) is 0 Å². The Hall–Kier alpha value is -1.09. The van der Waals surface area contributed by atoms with Crippen molar-refractivity contribution >= 4 is 17.2 Å². The van der Waals surface area contributed by atoms with Crippen molar-refractivity contribution in [2.24, 2.45) is 5.92 Å². The van der Waals surface area contributed by atoms with E-state index in [2.05, 4.69) is 34.3 Å². The molecule has 0 aliphatic heterocycles. The molecule has 0 fully saturated rings. The van der Waals surface area contributed by atoms with Crippen molar-refractivity contribution in [3.05, 3.63) is 34.5 Å². The van der Waals surface area contributed by atoms with E-state index in [4.69, 9.17) is 0 Å². The van der Waals surface area contributed by atoms with Gasteiger partial charge in [0.25, 0.3) is 0 Å². The van der Waals surface area contributed by atoms with Crippen molar-refractivity contribution < 1.29 is 4.79 Å². The fourth-order valence-corrected chi connectivity index (χ4v) is 2.64. The van der Waals surface area contributed by atoms with Gasteiger partial charge in [0.15, 0.2) is 0 Å². The summed E-state index contributed by atoms with van der Waals surface area (Å²) in [6, 6.07) is 2.11. The van der Waals surface area contributed by atoms with Crippen LogP contribution in [0.15, 0.2) is 29.0 Å². The van der Waals surface area contributed by atoms with E-state index in [0.29, 0.717) is 0 Å². The largest absolute Gasteiger partial charge is 0.356 e. The molecule has 0 saturated carbocycles. The summed E-state index contributed by atoms with van der Waals surface area (Å²) >= 11 is 1.70. The molecule has 1 atom stereocenters. The van der Waals surface area contributed by atoms with Gasteiger partial charge < -0.3 is 5.32 Å². The number of amides is 1. The summed E-state index contributed by atoms with van der Waals surface area (Å²) in [6.07, 6.45) is 8.17. The summed E-state index contributed by atoms with van der Waals surface area (Å²) in [5.74, 6) is 0.423. The molecule has 86 valence electrons.